The summed E-state index contributed by atoms with van der Waals surface area (Å²) in [5.74, 6) is 0.894. The largest absolute Gasteiger partial charge is 1.00 e. The van der Waals surface area contributed by atoms with Gasteiger partial charge in [0.1, 0.15) is 5.75 Å². The van der Waals surface area contributed by atoms with Crippen LogP contribution in [0, 0.1) is 0 Å². The lowest BCUT2D eigenvalue weighted by molar-refractivity contribution is -0.888. The molecule has 0 unspecified atom stereocenters. The van der Waals surface area contributed by atoms with E-state index in [1.165, 1.54) is 50.8 Å². The second-order valence-corrected chi connectivity index (χ2v) is 8.70. The fraction of sp³-hybridized carbons (Fsp3) is 0.538. The molecular weight excluding hydrogens is 450 g/mol. The van der Waals surface area contributed by atoms with E-state index in [4.69, 9.17) is 4.74 Å². The number of hydrogen-bond acceptors (Lipinski definition) is 3. The van der Waals surface area contributed by atoms with Crippen LogP contribution in [0.1, 0.15) is 57.9 Å². The minimum atomic E-state index is 0. The number of nitrogens with zero attached hydrogens (tertiary/aromatic N) is 3. The third-order valence-corrected chi connectivity index (χ3v) is 5.66. The first-order valence-electron chi connectivity index (χ1n) is 11.6. The van der Waals surface area contributed by atoms with Gasteiger partial charge in [-0.05, 0) is 74.6 Å². The molecule has 2 rings (SSSR count). The molecule has 0 N–H and O–H groups in total. The van der Waals surface area contributed by atoms with Gasteiger partial charge in [-0.25, -0.2) is 0 Å². The Kier molecular flexibility index (Phi) is 13.3. The van der Waals surface area contributed by atoms with Gasteiger partial charge in [-0.3, -0.25) is 0 Å². The molecule has 0 saturated carbocycles. The number of rotatable bonds is 14. The van der Waals surface area contributed by atoms with E-state index in [-0.39, 0.29) is 17.0 Å². The average molecular weight is 491 g/mol. The Morgan fingerprint density at radius 2 is 1.35 bits per heavy atom. The van der Waals surface area contributed by atoms with E-state index in [2.05, 4.69) is 62.4 Å². The quantitative estimate of drug-likeness (QED) is 0.218. The zero-order valence-corrected chi connectivity index (χ0v) is 21.4. The Labute approximate surface area is 200 Å². The van der Waals surface area contributed by atoms with Crippen molar-refractivity contribution in [3.8, 4) is 5.75 Å². The lowest BCUT2D eigenvalue weighted by atomic mass is 10.1. The lowest BCUT2D eigenvalue weighted by Crippen LogP contribution is -3.00. The minimum absolute atomic E-state index is 0. The van der Waals surface area contributed by atoms with Crippen molar-refractivity contribution in [1.82, 2.24) is 0 Å². The van der Waals surface area contributed by atoms with Crippen molar-refractivity contribution < 1.29 is 26.2 Å². The Balaban J connectivity index is 0.00000480. The van der Waals surface area contributed by atoms with E-state index in [1.54, 1.807) is 0 Å². The number of aryl methyl sites for hydroxylation is 1. The Morgan fingerprint density at radius 1 is 0.742 bits per heavy atom. The topological polar surface area (TPSA) is 34.0 Å². The van der Waals surface area contributed by atoms with Gasteiger partial charge in [0.2, 0.25) is 0 Å². The van der Waals surface area contributed by atoms with Crippen molar-refractivity contribution in [1.29, 1.82) is 0 Å². The van der Waals surface area contributed by atoms with E-state index in [1.807, 2.05) is 24.3 Å². The average Bonchev–Trinajstić information content (AvgIpc) is 2.76. The molecule has 0 amide bonds. The van der Waals surface area contributed by atoms with Crippen molar-refractivity contribution in [2.45, 2.75) is 58.8 Å². The molecule has 0 fully saturated rings. The minimum Gasteiger partial charge on any atom is -1.00 e. The van der Waals surface area contributed by atoms with Crippen LogP contribution in [-0.4, -0.2) is 38.3 Å². The zero-order valence-electron chi connectivity index (χ0n) is 19.8. The SMILES string of the molecule is CCCCCCc1ccc(N=Nc2ccc(OCCCC[N+](C)(C)CC)cc2)cc1.[Br-]. The summed E-state index contributed by atoms with van der Waals surface area (Å²) in [7, 11) is 4.55. The van der Waals surface area contributed by atoms with Crippen LogP contribution >= 0.6 is 0 Å². The predicted octanol–water partition coefficient (Wildman–Crippen LogP) is 4.48. The van der Waals surface area contributed by atoms with E-state index in [0.717, 1.165) is 41.1 Å². The van der Waals surface area contributed by atoms with Crippen molar-refractivity contribution in [2.24, 2.45) is 10.2 Å². The van der Waals surface area contributed by atoms with Gasteiger partial charge < -0.3 is 26.2 Å². The van der Waals surface area contributed by atoms with Gasteiger partial charge in [-0.2, -0.15) is 10.2 Å². The molecule has 31 heavy (non-hydrogen) atoms. The Morgan fingerprint density at radius 3 is 1.94 bits per heavy atom. The highest BCUT2D eigenvalue weighted by Crippen LogP contribution is 2.22. The molecule has 172 valence electrons. The summed E-state index contributed by atoms with van der Waals surface area (Å²) in [5.41, 5.74) is 3.11. The summed E-state index contributed by atoms with van der Waals surface area (Å²) in [5, 5.41) is 8.70. The van der Waals surface area contributed by atoms with Crippen molar-refractivity contribution in [3.63, 3.8) is 0 Å². The molecule has 4 nitrogen and oxygen atoms in total. The highest BCUT2D eigenvalue weighted by molar-refractivity contribution is 5.43. The third kappa shape index (κ3) is 11.5. The summed E-state index contributed by atoms with van der Waals surface area (Å²) in [6.45, 7) is 7.60. The second-order valence-electron chi connectivity index (χ2n) is 8.70. The van der Waals surface area contributed by atoms with Crippen LogP contribution in [-0.2, 0) is 6.42 Å². The first-order valence-corrected chi connectivity index (χ1v) is 11.6. The summed E-state index contributed by atoms with van der Waals surface area (Å²) in [6, 6.07) is 16.3. The van der Waals surface area contributed by atoms with Gasteiger partial charge in [0, 0.05) is 0 Å². The normalized spacial score (nSPS) is 11.5. The molecule has 0 atom stereocenters. The van der Waals surface area contributed by atoms with Crippen molar-refractivity contribution in [3.05, 3.63) is 54.1 Å². The van der Waals surface area contributed by atoms with Gasteiger partial charge in [-0.15, -0.1) is 0 Å². The van der Waals surface area contributed by atoms with E-state index < -0.39 is 0 Å². The van der Waals surface area contributed by atoms with Crippen LogP contribution in [0.3, 0.4) is 0 Å². The highest BCUT2D eigenvalue weighted by Gasteiger charge is 2.10. The summed E-state index contributed by atoms with van der Waals surface area (Å²) in [4.78, 5) is 0. The Hall–Kier alpha value is -1.72. The molecular formula is C26H40BrN3O. The van der Waals surface area contributed by atoms with Crippen LogP contribution in [0.4, 0.5) is 11.4 Å². The smallest absolute Gasteiger partial charge is 0.119 e. The van der Waals surface area contributed by atoms with Gasteiger partial charge in [-0.1, -0.05) is 38.3 Å². The molecule has 2 aromatic rings. The van der Waals surface area contributed by atoms with Crippen LogP contribution in [0.15, 0.2) is 58.8 Å². The molecule has 0 radical (unpaired) electrons. The van der Waals surface area contributed by atoms with Gasteiger partial charge in [0.25, 0.3) is 0 Å². The molecule has 0 aromatic heterocycles. The molecule has 5 heteroatoms. The molecule has 0 aliphatic heterocycles. The van der Waals surface area contributed by atoms with Gasteiger partial charge in [0.15, 0.2) is 0 Å². The van der Waals surface area contributed by atoms with Crippen LogP contribution in [0.2, 0.25) is 0 Å². The summed E-state index contributed by atoms with van der Waals surface area (Å²) >= 11 is 0. The number of quaternary nitrogens is 1. The lowest BCUT2D eigenvalue weighted by Gasteiger charge is -2.28. The summed E-state index contributed by atoms with van der Waals surface area (Å²) < 4.78 is 6.92. The Bertz CT molecular complexity index is 742. The molecule has 0 saturated heterocycles. The molecule has 0 aliphatic carbocycles. The van der Waals surface area contributed by atoms with Crippen LogP contribution < -0.4 is 21.7 Å². The zero-order chi connectivity index (χ0) is 21.7. The number of halogens is 1. The van der Waals surface area contributed by atoms with Crippen LogP contribution in [0.25, 0.3) is 0 Å². The summed E-state index contributed by atoms with van der Waals surface area (Å²) in [6.07, 6.45) is 8.60. The van der Waals surface area contributed by atoms with Crippen molar-refractivity contribution in [2.75, 3.05) is 33.8 Å². The van der Waals surface area contributed by atoms with Gasteiger partial charge in [0.05, 0.1) is 45.2 Å². The monoisotopic (exact) mass is 489 g/mol. The number of ether oxygens (including phenoxy) is 1. The molecule has 0 aliphatic rings. The van der Waals surface area contributed by atoms with E-state index >= 15 is 0 Å². The predicted molar refractivity (Wildman–Crippen MR) is 127 cm³/mol. The van der Waals surface area contributed by atoms with E-state index in [0.29, 0.717) is 0 Å². The van der Waals surface area contributed by atoms with Crippen LogP contribution in [0.5, 0.6) is 5.75 Å². The number of benzene rings is 2. The number of unbranched alkanes of at least 4 members (excludes halogenated alkanes) is 4. The fourth-order valence-electron chi connectivity index (χ4n) is 3.20. The van der Waals surface area contributed by atoms with E-state index in [9.17, 15) is 0 Å². The maximum absolute atomic E-state index is 5.85. The second kappa shape index (κ2) is 15.1. The third-order valence-electron chi connectivity index (χ3n) is 5.66. The van der Waals surface area contributed by atoms with Crippen molar-refractivity contribution >= 4 is 11.4 Å². The maximum Gasteiger partial charge on any atom is 0.119 e. The first kappa shape index (κ1) is 27.3. The highest BCUT2D eigenvalue weighted by atomic mass is 79.9. The molecule has 0 spiro atoms. The first-order chi connectivity index (χ1) is 14.5. The van der Waals surface area contributed by atoms with Gasteiger partial charge >= 0.3 is 0 Å². The molecule has 2 aromatic carbocycles. The maximum atomic E-state index is 5.85. The molecule has 0 bridgehead atoms. The fourth-order valence-corrected chi connectivity index (χ4v) is 3.20. The number of azo groups is 1. The molecule has 0 heterocycles. The number of hydrogen-bond donors (Lipinski definition) is 0. The standard InChI is InChI=1S/C26H40N3O.BrH/c1-5-7-8-9-12-23-13-15-24(16-14-23)27-28-25-17-19-26(20-18-25)30-22-11-10-21-29(3,4)6-2;/h13-20H,5-12,21-22H2,1-4H3;1H/q+1;/p-1.